The van der Waals surface area contributed by atoms with Crippen LogP contribution >= 0.6 is 0 Å². The zero-order valence-electron chi connectivity index (χ0n) is 14.5. The lowest BCUT2D eigenvalue weighted by atomic mass is 10.1. The first-order chi connectivity index (χ1) is 12.1. The van der Waals surface area contributed by atoms with E-state index in [4.69, 9.17) is 0 Å². The second kappa shape index (κ2) is 7.30. The number of amides is 1. The highest BCUT2D eigenvalue weighted by Crippen LogP contribution is 2.08. The van der Waals surface area contributed by atoms with E-state index in [1.54, 1.807) is 17.7 Å². The van der Waals surface area contributed by atoms with Gasteiger partial charge in [0, 0.05) is 20.0 Å². The van der Waals surface area contributed by atoms with Gasteiger partial charge >= 0.3 is 0 Å². The summed E-state index contributed by atoms with van der Waals surface area (Å²) in [6.07, 6.45) is 0.868. The summed E-state index contributed by atoms with van der Waals surface area (Å²) in [7, 11) is 1.71. The maximum atomic E-state index is 12.4. The Kier molecular flexibility index (Phi) is 4.93. The van der Waals surface area contributed by atoms with Gasteiger partial charge in [-0.25, -0.2) is 4.98 Å². The van der Waals surface area contributed by atoms with Crippen LogP contribution in [0.5, 0.6) is 0 Å². The van der Waals surface area contributed by atoms with E-state index in [0.29, 0.717) is 36.1 Å². The highest BCUT2D eigenvalue weighted by atomic mass is 16.1. The Morgan fingerprint density at radius 3 is 2.64 bits per heavy atom. The minimum absolute atomic E-state index is 0.0277. The van der Waals surface area contributed by atoms with E-state index in [2.05, 4.69) is 10.3 Å². The number of benzene rings is 2. The monoisotopic (exact) mass is 335 g/mol. The molecule has 5 nitrogen and oxygen atoms in total. The van der Waals surface area contributed by atoms with E-state index in [1.165, 1.54) is 0 Å². The fraction of sp³-hybridized carbons (Fsp3) is 0.250. The number of fused-ring (bicyclic) bond motifs is 1. The third-order valence-electron chi connectivity index (χ3n) is 4.36. The minimum Gasteiger partial charge on any atom is -0.355 e. The van der Waals surface area contributed by atoms with Crippen molar-refractivity contribution in [3.63, 3.8) is 0 Å². The Morgan fingerprint density at radius 2 is 1.84 bits per heavy atom. The molecule has 1 amide bonds. The van der Waals surface area contributed by atoms with E-state index in [-0.39, 0.29) is 11.5 Å². The van der Waals surface area contributed by atoms with Crippen LogP contribution in [0.15, 0.2) is 53.3 Å². The van der Waals surface area contributed by atoms with Crippen LogP contribution in [0.1, 0.15) is 17.0 Å². The Labute approximate surface area is 146 Å². The standard InChI is InChI=1S/C20H21N3O2/c1-14-7-3-4-8-15(14)13-19(24)21-12-11-18-22-17-10-6-5-9-16(17)20(25)23(18)2/h3-10H,11-13H2,1-2H3,(H,21,24). The fourth-order valence-electron chi connectivity index (χ4n) is 2.85. The van der Waals surface area contributed by atoms with E-state index in [1.807, 2.05) is 49.4 Å². The molecule has 0 aliphatic heterocycles. The molecule has 2 aromatic carbocycles. The average molecular weight is 335 g/mol. The molecule has 25 heavy (non-hydrogen) atoms. The third kappa shape index (κ3) is 3.76. The molecule has 128 valence electrons. The number of carbonyl (C=O) groups is 1. The molecule has 1 heterocycles. The van der Waals surface area contributed by atoms with Crippen LogP contribution in [0.3, 0.4) is 0 Å². The molecule has 0 saturated carbocycles. The van der Waals surface area contributed by atoms with Crippen molar-refractivity contribution in [2.45, 2.75) is 19.8 Å². The number of hydrogen-bond acceptors (Lipinski definition) is 3. The lowest BCUT2D eigenvalue weighted by Crippen LogP contribution is -2.30. The molecule has 0 atom stereocenters. The second-order valence-corrected chi connectivity index (χ2v) is 6.11. The van der Waals surface area contributed by atoms with Gasteiger partial charge in [-0.05, 0) is 30.2 Å². The van der Waals surface area contributed by atoms with E-state index >= 15 is 0 Å². The number of aromatic nitrogens is 2. The highest BCUT2D eigenvalue weighted by Gasteiger charge is 2.09. The van der Waals surface area contributed by atoms with Crippen molar-refractivity contribution < 1.29 is 4.79 Å². The highest BCUT2D eigenvalue weighted by molar-refractivity contribution is 5.79. The normalized spacial score (nSPS) is 10.8. The predicted octanol–water partition coefficient (Wildman–Crippen LogP) is 2.14. The number of rotatable bonds is 5. The molecule has 1 N–H and O–H groups in total. The predicted molar refractivity (Wildman–Crippen MR) is 98.6 cm³/mol. The van der Waals surface area contributed by atoms with Crippen molar-refractivity contribution in [2.24, 2.45) is 7.05 Å². The topological polar surface area (TPSA) is 64.0 Å². The number of nitrogens with zero attached hydrogens (tertiary/aromatic N) is 2. The Balaban J connectivity index is 1.65. The molecule has 0 unspecified atom stereocenters. The maximum absolute atomic E-state index is 12.4. The zero-order chi connectivity index (χ0) is 17.8. The van der Waals surface area contributed by atoms with Crippen molar-refractivity contribution in [1.82, 2.24) is 14.9 Å². The van der Waals surface area contributed by atoms with Crippen molar-refractivity contribution >= 4 is 16.8 Å². The van der Waals surface area contributed by atoms with Gasteiger partial charge in [-0.3, -0.25) is 14.2 Å². The van der Waals surface area contributed by atoms with Gasteiger partial charge in [0.25, 0.3) is 5.56 Å². The summed E-state index contributed by atoms with van der Waals surface area (Å²) < 4.78 is 1.55. The summed E-state index contributed by atoms with van der Waals surface area (Å²) in [5.41, 5.74) is 2.76. The average Bonchev–Trinajstić information content (AvgIpc) is 2.61. The van der Waals surface area contributed by atoms with Crippen LogP contribution in [0.2, 0.25) is 0 Å². The van der Waals surface area contributed by atoms with Gasteiger partial charge in [0.2, 0.25) is 5.91 Å². The molecular formula is C20H21N3O2. The molecule has 3 rings (SSSR count). The van der Waals surface area contributed by atoms with Gasteiger partial charge in [0.1, 0.15) is 5.82 Å². The Bertz CT molecular complexity index is 976. The first-order valence-corrected chi connectivity index (χ1v) is 8.32. The molecule has 0 radical (unpaired) electrons. The molecule has 5 heteroatoms. The van der Waals surface area contributed by atoms with Crippen LogP contribution in [-0.2, 0) is 24.7 Å². The molecule has 0 fully saturated rings. The lowest BCUT2D eigenvalue weighted by molar-refractivity contribution is -0.120. The van der Waals surface area contributed by atoms with Crippen LogP contribution in [0.25, 0.3) is 10.9 Å². The minimum atomic E-state index is -0.0631. The van der Waals surface area contributed by atoms with Crippen molar-refractivity contribution in [3.05, 3.63) is 75.8 Å². The first-order valence-electron chi connectivity index (χ1n) is 8.32. The number of carbonyl (C=O) groups excluding carboxylic acids is 1. The van der Waals surface area contributed by atoms with Crippen LogP contribution in [0.4, 0.5) is 0 Å². The van der Waals surface area contributed by atoms with Gasteiger partial charge in [0.05, 0.1) is 17.3 Å². The van der Waals surface area contributed by atoms with Gasteiger partial charge < -0.3 is 5.32 Å². The molecule has 0 spiro atoms. The quantitative estimate of drug-likeness (QED) is 0.777. The summed E-state index contributed by atoms with van der Waals surface area (Å²) >= 11 is 0. The Morgan fingerprint density at radius 1 is 1.12 bits per heavy atom. The SMILES string of the molecule is Cc1ccccc1CC(=O)NCCc1nc2ccccc2c(=O)n1C. The van der Waals surface area contributed by atoms with E-state index in [0.717, 1.165) is 11.1 Å². The molecule has 0 bridgehead atoms. The zero-order valence-corrected chi connectivity index (χ0v) is 14.5. The van der Waals surface area contributed by atoms with E-state index in [9.17, 15) is 9.59 Å². The van der Waals surface area contributed by atoms with Gasteiger partial charge in [0.15, 0.2) is 0 Å². The smallest absolute Gasteiger partial charge is 0.261 e. The maximum Gasteiger partial charge on any atom is 0.261 e. The second-order valence-electron chi connectivity index (χ2n) is 6.11. The van der Waals surface area contributed by atoms with Gasteiger partial charge in [-0.15, -0.1) is 0 Å². The van der Waals surface area contributed by atoms with Gasteiger partial charge in [-0.1, -0.05) is 36.4 Å². The molecule has 0 saturated heterocycles. The summed E-state index contributed by atoms with van der Waals surface area (Å²) in [4.78, 5) is 29.0. The molecule has 0 aliphatic carbocycles. The van der Waals surface area contributed by atoms with Gasteiger partial charge in [-0.2, -0.15) is 0 Å². The largest absolute Gasteiger partial charge is 0.355 e. The van der Waals surface area contributed by atoms with Crippen LogP contribution in [-0.4, -0.2) is 22.0 Å². The number of hydrogen-bond donors (Lipinski definition) is 1. The summed E-state index contributed by atoms with van der Waals surface area (Å²) in [5, 5.41) is 3.52. The van der Waals surface area contributed by atoms with Crippen molar-refractivity contribution in [3.8, 4) is 0 Å². The summed E-state index contributed by atoms with van der Waals surface area (Å²) in [6, 6.07) is 15.2. The molecule has 3 aromatic rings. The van der Waals surface area contributed by atoms with Crippen molar-refractivity contribution in [2.75, 3.05) is 6.54 Å². The number of para-hydroxylation sites is 1. The molecule has 1 aromatic heterocycles. The summed E-state index contributed by atoms with van der Waals surface area (Å²) in [5.74, 6) is 0.639. The number of aryl methyl sites for hydroxylation is 1. The lowest BCUT2D eigenvalue weighted by Gasteiger charge is -2.10. The fourth-order valence-corrected chi connectivity index (χ4v) is 2.85. The molecular weight excluding hydrogens is 314 g/mol. The van der Waals surface area contributed by atoms with E-state index < -0.39 is 0 Å². The summed E-state index contributed by atoms with van der Waals surface area (Å²) in [6.45, 7) is 2.45. The molecule has 0 aliphatic rings. The Hall–Kier alpha value is -2.95. The van der Waals surface area contributed by atoms with Crippen LogP contribution < -0.4 is 10.9 Å². The number of nitrogens with one attached hydrogen (secondary N) is 1. The third-order valence-corrected chi connectivity index (χ3v) is 4.36. The first kappa shape index (κ1) is 16.9. The van der Waals surface area contributed by atoms with Crippen LogP contribution in [0, 0.1) is 6.92 Å². The van der Waals surface area contributed by atoms with Crippen molar-refractivity contribution in [1.29, 1.82) is 0 Å².